The third-order valence-corrected chi connectivity index (χ3v) is 3.89. The highest BCUT2D eigenvalue weighted by Crippen LogP contribution is 2.24. The van der Waals surface area contributed by atoms with Crippen molar-refractivity contribution in [2.24, 2.45) is 7.05 Å². The van der Waals surface area contributed by atoms with E-state index < -0.39 is 0 Å². The lowest BCUT2D eigenvalue weighted by Gasteiger charge is -2.08. The van der Waals surface area contributed by atoms with E-state index >= 15 is 0 Å². The lowest BCUT2D eigenvalue weighted by Crippen LogP contribution is -1.96. The summed E-state index contributed by atoms with van der Waals surface area (Å²) >= 11 is 0. The molecule has 0 spiro atoms. The maximum absolute atomic E-state index is 13.5. The molecule has 0 unspecified atom stereocenters. The van der Waals surface area contributed by atoms with Crippen LogP contribution in [0, 0.1) is 12.7 Å². The molecule has 5 nitrogen and oxygen atoms in total. The van der Waals surface area contributed by atoms with E-state index in [1.165, 1.54) is 12.1 Å². The molecule has 3 heterocycles. The summed E-state index contributed by atoms with van der Waals surface area (Å²) in [5.74, 6) is 0.367. The van der Waals surface area contributed by atoms with Crippen molar-refractivity contribution in [2.75, 3.05) is 5.32 Å². The van der Waals surface area contributed by atoms with Crippen molar-refractivity contribution in [3.63, 3.8) is 0 Å². The van der Waals surface area contributed by atoms with Crippen LogP contribution in [0.25, 0.3) is 22.2 Å². The van der Waals surface area contributed by atoms with Crippen molar-refractivity contribution in [1.29, 1.82) is 0 Å². The minimum Gasteiger partial charge on any atom is -0.340 e. The van der Waals surface area contributed by atoms with Gasteiger partial charge in [-0.25, -0.2) is 9.37 Å². The quantitative estimate of drug-likeness (QED) is 0.610. The van der Waals surface area contributed by atoms with E-state index in [0.717, 1.165) is 27.7 Å². The zero-order valence-corrected chi connectivity index (χ0v) is 13.9. The predicted molar refractivity (Wildman–Crippen MR) is 96.2 cm³/mol. The van der Waals surface area contributed by atoms with Crippen LogP contribution in [0.3, 0.4) is 0 Å². The molecular weight excluding hydrogens is 317 g/mol. The van der Waals surface area contributed by atoms with Crippen LogP contribution in [-0.2, 0) is 7.05 Å². The highest BCUT2D eigenvalue weighted by atomic mass is 19.1. The fourth-order valence-electron chi connectivity index (χ4n) is 2.76. The summed E-state index contributed by atoms with van der Waals surface area (Å²) in [5.41, 5.74) is 5.02. The topological polar surface area (TPSA) is 55.6 Å². The zero-order chi connectivity index (χ0) is 17.4. The van der Waals surface area contributed by atoms with Crippen LogP contribution >= 0.6 is 0 Å². The van der Waals surface area contributed by atoms with Gasteiger partial charge in [0.25, 0.3) is 0 Å². The number of aromatic nitrogens is 4. The fraction of sp³-hybridized carbons (Fsp3) is 0.105. The smallest absolute Gasteiger partial charge is 0.131 e. The molecule has 1 N–H and O–H groups in total. The Labute approximate surface area is 144 Å². The van der Waals surface area contributed by atoms with Crippen LogP contribution in [0.1, 0.15) is 5.56 Å². The number of pyridine rings is 2. The second-order valence-electron chi connectivity index (χ2n) is 6.00. The van der Waals surface area contributed by atoms with Crippen molar-refractivity contribution < 1.29 is 4.39 Å². The number of benzene rings is 1. The molecule has 6 heteroatoms. The predicted octanol–water partition coefficient (Wildman–Crippen LogP) is 4.22. The van der Waals surface area contributed by atoms with Gasteiger partial charge in [-0.3, -0.25) is 9.67 Å². The molecule has 0 atom stereocenters. The Kier molecular flexibility index (Phi) is 3.65. The van der Waals surface area contributed by atoms with E-state index in [-0.39, 0.29) is 5.82 Å². The molecule has 0 bridgehead atoms. The highest BCUT2D eigenvalue weighted by molar-refractivity contribution is 5.81. The van der Waals surface area contributed by atoms with Crippen LogP contribution in [0.2, 0.25) is 0 Å². The molecule has 0 saturated carbocycles. The summed E-state index contributed by atoms with van der Waals surface area (Å²) < 4.78 is 15.3. The van der Waals surface area contributed by atoms with Gasteiger partial charge in [-0.2, -0.15) is 5.10 Å². The van der Waals surface area contributed by atoms with Crippen molar-refractivity contribution in [2.45, 2.75) is 6.92 Å². The summed E-state index contributed by atoms with van der Waals surface area (Å²) in [6, 6.07) is 10.5. The van der Waals surface area contributed by atoms with Crippen molar-refractivity contribution in [1.82, 2.24) is 19.7 Å². The van der Waals surface area contributed by atoms with Gasteiger partial charge in [0.05, 0.1) is 17.2 Å². The third kappa shape index (κ3) is 3.19. The summed E-state index contributed by atoms with van der Waals surface area (Å²) in [4.78, 5) is 9.06. The van der Waals surface area contributed by atoms with E-state index in [1.807, 2.05) is 50.6 Å². The van der Waals surface area contributed by atoms with Crippen LogP contribution in [0.5, 0.6) is 0 Å². The molecule has 0 saturated heterocycles. The first-order valence-corrected chi connectivity index (χ1v) is 7.87. The largest absolute Gasteiger partial charge is 0.340 e. The number of hydrogen-bond donors (Lipinski definition) is 1. The Morgan fingerprint density at radius 1 is 1.00 bits per heavy atom. The molecule has 0 fully saturated rings. The van der Waals surface area contributed by atoms with Crippen molar-refractivity contribution in [3.8, 4) is 11.1 Å². The monoisotopic (exact) mass is 333 g/mol. The van der Waals surface area contributed by atoms with Gasteiger partial charge in [0.1, 0.15) is 11.6 Å². The van der Waals surface area contributed by atoms with Crippen LogP contribution in [-0.4, -0.2) is 19.7 Å². The van der Waals surface area contributed by atoms with Gasteiger partial charge in [-0.05, 0) is 48.9 Å². The van der Waals surface area contributed by atoms with Gasteiger partial charge < -0.3 is 5.32 Å². The van der Waals surface area contributed by atoms with Crippen LogP contribution in [0.4, 0.5) is 15.9 Å². The van der Waals surface area contributed by atoms with Gasteiger partial charge >= 0.3 is 0 Å². The highest BCUT2D eigenvalue weighted by Gasteiger charge is 2.06. The number of nitrogens with one attached hydrogen (secondary N) is 1. The summed E-state index contributed by atoms with van der Waals surface area (Å²) in [7, 11) is 1.87. The number of rotatable bonds is 3. The standard InChI is InChI=1S/C19H16FN5/c1-12-5-15(20)8-16(6-12)23-19-4-3-17-18(24-19)7-13(9-21-17)14-10-22-25(2)11-14/h3-11H,1-2H3,(H,23,24). The molecule has 4 rings (SSSR count). The van der Waals surface area contributed by atoms with E-state index in [2.05, 4.69) is 20.4 Å². The molecule has 4 aromatic rings. The lowest BCUT2D eigenvalue weighted by molar-refractivity contribution is 0.627. The Balaban J connectivity index is 1.70. The van der Waals surface area contributed by atoms with Crippen LogP contribution < -0.4 is 5.32 Å². The van der Waals surface area contributed by atoms with Crippen molar-refractivity contribution >= 4 is 22.5 Å². The van der Waals surface area contributed by atoms with E-state index in [9.17, 15) is 4.39 Å². The molecule has 0 aliphatic carbocycles. The van der Waals surface area contributed by atoms with E-state index in [0.29, 0.717) is 11.5 Å². The summed E-state index contributed by atoms with van der Waals surface area (Å²) in [5, 5.41) is 7.33. The number of aryl methyl sites for hydroxylation is 2. The number of halogens is 1. The number of fused-ring (bicyclic) bond motifs is 1. The Hall–Kier alpha value is -3.28. The normalized spacial score (nSPS) is 11.0. The molecule has 3 aromatic heterocycles. The average molecular weight is 333 g/mol. The molecule has 0 aliphatic heterocycles. The first-order chi connectivity index (χ1) is 12.1. The third-order valence-electron chi connectivity index (χ3n) is 3.89. The Morgan fingerprint density at radius 3 is 2.64 bits per heavy atom. The number of nitrogens with zero attached hydrogens (tertiary/aromatic N) is 4. The molecule has 1 aromatic carbocycles. The molecule has 0 amide bonds. The van der Waals surface area contributed by atoms with Gasteiger partial charge in [0.15, 0.2) is 0 Å². The van der Waals surface area contributed by atoms with Gasteiger partial charge in [0.2, 0.25) is 0 Å². The molecular formula is C19H16FN5. The first-order valence-electron chi connectivity index (χ1n) is 7.87. The molecule has 124 valence electrons. The Bertz CT molecular complexity index is 1050. The SMILES string of the molecule is Cc1cc(F)cc(Nc2ccc3ncc(-c4cnn(C)c4)cc3n2)c1. The second-order valence-corrected chi connectivity index (χ2v) is 6.00. The Morgan fingerprint density at radius 2 is 1.88 bits per heavy atom. The molecule has 0 aliphatic rings. The molecule has 0 radical (unpaired) electrons. The maximum Gasteiger partial charge on any atom is 0.131 e. The van der Waals surface area contributed by atoms with Gasteiger partial charge in [0, 0.05) is 36.3 Å². The maximum atomic E-state index is 13.5. The second kappa shape index (κ2) is 5.98. The van der Waals surface area contributed by atoms with Gasteiger partial charge in [-0.15, -0.1) is 0 Å². The van der Waals surface area contributed by atoms with Crippen molar-refractivity contribution in [3.05, 3.63) is 66.4 Å². The number of hydrogen-bond acceptors (Lipinski definition) is 4. The van der Waals surface area contributed by atoms with E-state index in [1.54, 1.807) is 10.9 Å². The minimum absolute atomic E-state index is 0.274. The average Bonchev–Trinajstić information content (AvgIpc) is 3.00. The lowest BCUT2D eigenvalue weighted by atomic mass is 10.1. The van der Waals surface area contributed by atoms with Gasteiger partial charge in [-0.1, -0.05) is 0 Å². The zero-order valence-electron chi connectivity index (χ0n) is 13.9. The fourth-order valence-corrected chi connectivity index (χ4v) is 2.76. The first kappa shape index (κ1) is 15.3. The minimum atomic E-state index is -0.274. The van der Waals surface area contributed by atoms with E-state index in [4.69, 9.17) is 0 Å². The summed E-state index contributed by atoms with van der Waals surface area (Å²) in [6.45, 7) is 1.85. The summed E-state index contributed by atoms with van der Waals surface area (Å²) in [6.07, 6.45) is 5.53. The number of anilines is 2. The molecule has 25 heavy (non-hydrogen) atoms. The van der Waals surface area contributed by atoms with Crippen LogP contribution in [0.15, 0.2) is 55.0 Å².